The van der Waals surface area contributed by atoms with E-state index >= 15 is 0 Å². The Kier molecular flexibility index (Phi) is 3.75. The minimum Gasteiger partial charge on any atom is -0.504 e. The van der Waals surface area contributed by atoms with Crippen LogP contribution in [0, 0.1) is 0 Å². The fourth-order valence-electron chi connectivity index (χ4n) is 2.64. The Morgan fingerprint density at radius 1 is 1.33 bits per heavy atom. The smallest absolute Gasteiger partial charge is 0.257 e. The molecule has 4 nitrogen and oxygen atoms in total. The molecule has 4 heteroatoms. The molecule has 0 aromatic heterocycles. The lowest BCUT2D eigenvalue weighted by Gasteiger charge is -2.28. The lowest BCUT2D eigenvalue weighted by molar-refractivity contribution is 0.0690. The lowest BCUT2D eigenvalue weighted by Crippen LogP contribution is -2.38. The van der Waals surface area contributed by atoms with Crippen molar-refractivity contribution in [1.82, 2.24) is 4.90 Å². The van der Waals surface area contributed by atoms with Crippen molar-refractivity contribution in [2.24, 2.45) is 0 Å². The van der Waals surface area contributed by atoms with Crippen LogP contribution >= 0.6 is 0 Å². The van der Waals surface area contributed by atoms with E-state index in [1.807, 2.05) is 6.92 Å². The van der Waals surface area contributed by atoms with E-state index in [1.54, 1.807) is 17.0 Å². The molecule has 1 aromatic rings. The van der Waals surface area contributed by atoms with Gasteiger partial charge in [0, 0.05) is 12.6 Å². The maximum absolute atomic E-state index is 12.4. The quantitative estimate of drug-likeness (QED) is 0.809. The summed E-state index contributed by atoms with van der Waals surface area (Å²) in [5, 5.41) is 19.2. The second-order valence-corrected chi connectivity index (χ2v) is 4.70. The predicted molar refractivity (Wildman–Crippen MR) is 68.7 cm³/mol. The number of phenolic OH excluding ortho intramolecular Hbond substituents is 2. The Balaban J connectivity index is 2.25. The predicted octanol–water partition coefficient (Wildman–Crippen LogP) is 2.50. The minimum absolute atomic E-state index is 0.184. The van der Waals surface area contributed by atoms with Crippen molar-refractivity contribution < 1.29 is 15.0 Å². The van der Waals surface area contributed by atoms with Crippen molar-refractivity contribution in [2.75, 3.05) is 6.54 Å². The number of hydrogen-bond donors (Lipinski definition) is 2. The number of benzene rings is 1. The number of amides is 1. The zero-order valence-electron chi connectivity index (χ0n) is 10.6. The van der Waals surface area contributed by atoms with Crippen LogP contribution in [0.2, 0.25) is 0 Å². The molecule has 0 saturated heterocycles. The van der Waals surface area contributed by atoms with Gasteiger partial charge < -0.3 is 15.1 Å². The van der Waals surface area contributed by atoms with Gasteiger partial charge in [-0.1, -0.05) is 18.9 Å². The third-order valence-electron chi connectivity index (χ3n) is 3.61. The second-order valence-electron chi connectivity index (χ2n) is 4.70. The van der Waals surface area contributed by atoms with Gasteiger partial charge in [0.2, 0.25) is 0 Å². The summed E-state index contributed by atoms with van der Waals surface area (Å²) < 4.78 is 0. The molecule has 0 atom stereocenters. The first kappa shape index (κ1) is 12.7. The van der Waals surface area contributed by atoms with Gasteiger partial charge in [-0.25, -0.2) is 0 Å². The van der Waals surface area contributed by atoms with E-state index in [0.29, 0.717) is 6.54 Å². The summed E-state index contributed by atoms with van der Waals surface area (Å²) in [5.74, 6) is -0.764. The molecular formula is C14H19NO3. The van der Waals surface area contributed by atoms with Crippen molar-refractivity contribution in [3.8, 4) is 11.5 Å². The minimum atomic E-state index is -0.320. The van der Waals surface area contributed by atoms with Gasteiger partial charge in [-0.2, -0.15) is 0 Å². The van der Waals surface area contributed by atoms with Crippen molar-refractivity contribution in [2.45, 2.75) is 38.6 Å². The SMILES string of the molecule is CCN(C(=O)c1cccc(O)c1O)C1CCCC1. The van der Waals surface area contributed by atoms with Crippen LogP contribution in [0.15, 0.2) is 18.2 Å². The highest BCUT2D eigenvalue weighted by Gasteiger charge is 2.27. The zero-order valence-corrected chi connectivity index (χ0v) is 10.6. The number of nitrogens with zero attached hydrogens (tertiary/aromatic N) is 1. The third kappa shape index (κ3) is 2.28. The average Bonchev–Trinajstić information content (AvgIpc) is 2.87. The summed E-state index contributed by atoms with van der Waals surface area (Å²) in [6.45, 7) is 2.56. The maximum atomic E-state index is 12.4. The third-order valence-corrected chi connectivity index (χ3v) is 3.61. The molecule has 1 aromatic carbocycles. The number of carbonyl (C=O) groups is 1. The summed E-state index contributed by atoms with van der Waals surface area (Å²) in [5.41, 5.74) is 0.184. The molecule has 1 aliphatic carbocycles. The normalized spacial score (nSPS) is 15.8. The molecule has 0 aliphatic heterocycles. The standard InChI is InChI=1S/C14H19NO3/c1-2-15(10-6-3-4-7-10)14(18)11-8-5-9-12(16)13(11)17/h5,8-10,16-17H,2-4,6-7H2,1H3. The highest BCUT2D eigenvalue weighted by molar-refractivity contribution is 5.97. The van der Waals surface area contributed by atoms with Gasteiger partial charge in [-0.05, 0) is 31.9 Å². The number of phenols is 2. The number of aromatic hydroxyl groups is 2. The average molecular weight is 249 g/mol. The molecule has 2 rings (SSSR count). The van der Waals surface area contributed by atoms with Gasteiger partial charge in [0.25, 0.3) is 5.91 Å². The number of hydrogen-bond acceptors (Lipinski definition) is 3. The summed E-state index contributed by atoms with van der Waals surface area (Å²) in [6.07, 6.45) is 4.36. The summed E-state index contributed by atoms with van der Waals surface area (Å²) in [4.78, 5) is 14.2. The lowest BCUT2D eigenvalue weighted by atomic mass is 10.1. The molecule has 1 saturated carbocycles. The number of para-hydroxylation sites is 1. The molecule has 0 heterocycles. The Morgan fingerprint density at radius 3 is 2.61 bits per heavy atom. The van der Waals surface area contributed by atoms with E-state index in [4.69, 9.17) is 0 Å². The van der Waals surface area contributed by atoms with E-state index in [0.717, 1.165) is 25.7 Å². The molecule has 1 aliphatic rings. The van der Waals surface area contributed by atoms with Crippen LogP contribution in [0.5, 0.6) is 11.5 Å². The molecule has 1 amide bonds. The van der Waals surface area contributed by atoms with Crippen LogP contribution in [-0.4, -0.2) is 33.6 Å². The first-order valence-corrected chi connectivity index (χ1v) is 6.47. The van der Waals surface area contributed by atoms with Gasteiger partial charge >= 0.3 is 0 Å². The van der Waals surface area contributed by atoms with Gasteiger partial charge in [0.05, 0.1) is 5.56 Å². The fraction of sp³-hybridized carbons (Fsp3) is 0.500. The highest BCUT2D eigenvalue weighted by atomic mass is 16.3. The molecule has 1 fully saturated rings. The molecule has 0 spiro atoms. The first-order chi connectivity index (χ1) is 8.65. The molecule has 98 valence electrons. The Bertz CT molecular complexity index is 439. The summed E-state index contributed by atoms with van der Waals surface area (Å²) in [6, 6.07) is 4.77. The first-order valence-electron chi connectivity index (χ1n) is 6.47. The molecule has 0 bridgehead atoms. The topological polar surface area (TPSA) is 60.8 Å². The monoisotopic (exact) mass is 249 g/mol. The second kappa shape index (κ2) is 5.29. The zero-order chi connectivity index (χ0) is 13.1. The van der Waals surface area contributed by atoms with Crippen molar-refractivity contribution in [3.05, 3.63) is 23.8 Å². The fourth-order valence-corrected chi connectivity index (χ4v) is 2.64. The van der Waals surface area contributed by atoms with E-state index in [9.17, 15) is 15.0 Å². The van der Waals surface area contributed by atoms with Crippen molar-refractivity contribution >= 4 is 5.91 Å². The molecule has 2 N–H and O–H groups in total. The largest absolute Gasteiger partial charge is 0.504 e. The van der Waals surface area contributed by atoms with E-state index < -0.39 is 0 Å². The molecule has 18 heavy (non-hydrogen) atoms. The van der Waals surface area contributed by atoms with Gasteiger partial charge in [-0.3, -0.25) is 4.79 Å². The van der Waals surface area contributed by atoms with E-state index in [2.05, 4.69) is 0 Å². The van der Waals surface area contributed by atoms with Crippen LogP contribution < -0.4 is 0 Å². The van der Waals surface area contributed by atoms with E-state index in [-0.39, 0.29) is 29.0 Å². The Labute approximate surface area is 107 Å². The van der Waals surface area contributed by atoms with Crippen LogP contribution in [-0.2, 0) is 0 Å². The Morgan fingerprint density at radius 2 is 2.00 bits per heavy atom. The summed E-state index contributed by atoms with van der Waals surface area (Å²) in [7, 11) is 0. The molecule has 0 unspecified atom stereocenters. The van der Waals surface area contributed by atoms with Gasteiger partial charge in [0.1, 0.15) is 0 Å². The highest BCUT2D eigenvalue weighted by Crippen LogP contribution is 2.31. The number of rotatable bonds is 3. The summed E-state index contributed by atoms with van der Waals surface area (Å²) >= 11 is 0. The van der Waals surface area contributed by atoms with E-state index in [1.165, 1.54) is 6.07 Å². The van der Waals surface area contributed by atoms with Crippen molar-refractivity contribution in [1.29, 1.82) is 0 Å². The maximum Gasteiger partial charge on any atom is 0.257 e. The van der Waals surface area contributed by atoms with Crippen LogP contribution in [0.25, 0.3) is 0 Å². The van der Waals surface area contributed by atoms with Crippen LogP contribution in [0.3, 0.4) is 0 Å². The number of carbonyl (C=O) groups excluding carboxylic acids is 1. The van der Waals surface area contributed by atoms with Gasteiger partial charge in [0.15, 0.2) is 11.5 Å². The molecule has 0 radical (unpaired) electrons. The van der Waals surface area contributed by atoms with Crippen LogP contribution in [0.1, 0.15) is 43.0 Å². The van der Waals surface area contributed by atoms with Crippen molar-refractivity contribution in [3.63, 3.8) is 0 Å². The van der Waals surface area contributed by atoms with Crippen LogP contribution in [0.4, 0.5) is 0 Å². The van der Waals surface area contributed by atoms with Gasteiger partial charge in [-0.15, -0.1) is 0 Å². The Hall–Kier alpha value is -1.71. The molecular weight excluding hydrogens is 230 g/mol.